The van der Waals surface area contributed by atoms with Crippen molar-refractivity contribution in [3.63, 3.8) is 0 Å². The van der Waals surface area contributed by atoms with E-state index in [-0.39, 0.29) is 59.1 Å². The molecule has 0 bridgehead atoms. The van der Waals surface area contributed by atoms with Gasteiger partial charge >= 0.3 is 59.1 Å². The van der Waals surface area contributed by atoms with Gasteiger partial charge in [-0.05, 0) is 0 Å². The van der Waals surface area contributed by atoms with Crippen molar-refractivity contribution in [2.45, 2.75) is 0 Å². The summed E-state index contributed by atoms with van der Waals surface area (Å²) in [5.41, 5.74) is 0. The largest absolute Gasteiger partial charge is 1.00 e. The minimum absolute atomic E-state index is 0. The molecule has 0 aromatic heterocycles. The van der Waals surface area contributed by atoms with E-state index in [2.05, 4.69) is 6.58 Å². The molecular weight excluding hydrogens is 113 g/mol. The van der Waals surface area contributed by atoms with Crippen molar-refractivity contribution in [2.24, 2.45) is 0 Å². The maximum atomic E-state index is 9.22. The van der Waals surface area contributed by atoms with E-state index >= 15 is 0 Å². The fourth-order valence-electron chi connectivity index (χ4n) is 0. The van der Waals surface area contributed by atoms with Gasteiger partial charge in [0.15, 0.2) is 0 Å². The number of hydrogen-bond acceptors (Lipinski definition) is 2. The van der Waals surface area contributed by atoms with Crippen LogP contribution in [0.25, 0.3) is 0 Å². The van der Waals surface area contributed by atoms with Gasteiger partial charge in [0.25, 0.3) is 0 Å². The minimum atomic E-state index is -1.85. The quantitative estimate of drug-likeness (QED) is 0.319. The third-order valence-electron chi connectivity index (χ3n) is 0.192. The van der Waals surface area contributed by atoms with Crippen molar-refractivity contribution in [1.82, 2.24) is 0 Å². The molecule has 2 nitrogen and oxygen atoms in total. The van der Waals surface area contributed by atoms with Crippen LogP contribution in [0.4, 0.5) is 0 Å². The maximum absolute atomic E-state index is 9.22. The fraction of sp³-hybridized carbons (Fsp3) is 0. The average molecular weight is 116 g/mol. The summed E-state index contributed by atoms with van der Waals surface area (Å²) in [6.07, 6.45) is 0. The normalized spacial score (nSPS) is 4.86. The van der Waals surface area contributed by atoms with Gasteiger partial charge in [-0.3, -0.25) is 0 Å². The molecular formula is C2H3BNa2O2. The Balaban J connectivity index is -0.0000000800. The Hall–Kier alpha value is 1.72. The van der Waals surface area contributed by atoms with E-state index in [9.17, 15) is 10.0 Å². The first-order chi connectivity index (χ1) is 2.27. The topological polar surface area (TPSA) is 46.1 Å². The van der Waals surface area contributed by atoms with Crippen molar-refractivity contribution in [3.05, 3.63) is 12.6 Å². The molecule has 0 aliphatic carbocycles. The summed E-state index contributed by atoms with van der Waals surface area (Å²) in [4.78, 5) is 0. The van der Waals surface area contributed by atoms with Crippen LogP contribution in [0, 0.1) is 0 Å². The summed E-state index contributed by atoms with van der Waals surface area (Å²) in [6, 6.07) is 0. The molecule has 0 amide bonds. The van der Waals surface area contributed by atoms with Gasteiger partial charge in [-0.2, -0.15) is 5.98 Å². The Morgan fingerprint density at radius 1 is 1.29 bits per heavy atom. The molecule has 0 fully saturated rings. The Kier molecular flexibility index (Phi) is 24.2. The molecule has 0 N–H and O–H groups in total. The van der Waals surface area contributed by atoms with Crippen molar-refractivity contribution in [3.8, 4) is 0 Å². The molecule has 28 valence electrons. The van der Waals surface area contributed by atoms with Gasteiger partial charge in [-0.15, -0.1) is 6.58 Å². The van der Waals surface area contributed by atoms with Gasteiger partial charge in [-0.1, -0.05) is 7.12 Å². The molecule has 7 heavy (non-hydrogen) atoms. The summed E-state index contributed by atoms with van der Waals surface area (Å²) in [5.74, 6) is 0.806. The molecule has 0 aliphatic heterocycles. The summed E-state index contributed by atoms with van der Waals surface area (Å²) < 4.78 is 0. The first-order valence-electron chi connectivity index (χ1n) is 1.21. The van der Waals surface area contributed by atoms with Crippen LogP contribution in [0.5, 0.6) is 0 Å². The van der Waals surface area contributed by atoms with Gasteiger partial charge < -0.3 is 10.0 Å². The Bertz CT molecular complexity index is 40.7. The zero-order valence-electron chi connectivity index (χ0n) is 4.68. The van der Waals surface area contributed by atoms with E-state index in [1.54, 1.807) is 0 Å². The Labute approximate surface area is 87.7 Å². The molecule has 0 rings (SSSR count). The predicted octanol–water partition coefficient (Wildman–Crippen LogP) is -8.07. The number of hydrogen-bond donors (Lipinski definition) is 0. The third kappa shape index (κ3) is 18.2. The summed E-state index contributed by atoms with van der Waals surface area (Å²) in [6.45, 7) is 2.94. The van der Waals surface area contributed by atoms with E-state index in [4.69, 9.17) is 0 Å². The SMILES string of the molecule is C=CB([O-])[O-].[Na+].[Na+]. The first kappa shape index (κ1) is 15.9. The van der Waals surface area contributed by atoms with Crippen LogP contribution in [-0.2, 0) is 0 Å². The second kappa shape index (κ2) is 10.7. The van der Waals surface area contributed by atoms with E-state index in [1.807, 2.05) is 0 Å². The molecule has 0 saturated heterocycles. The molecule has 0 spiro atoms. The molecule has 0 unspecified atom stereocenters. The van der Waals surface area contributed by atoms with Crippen LogP contribution < -0.4 is 69.2 Å². The molecule has 0 saturated carbocycles. The second-order valence-electron chi connectivity index (χ2n) is 0.604. The van der Waals surface area contributed by atoms with Gasteiger partial charge in [0.1, 0.15) is 0 Å². The van der Waals surface area contributed by atoms with Crippen molar-refractivity contribution in [2.75, 3.05) is 0 Å². The van der Waals surface area contributed by atoms with E-state index in [0.29, 0.717) is 0 Å². The predicted molar refractivity (Wildman–Crippen MR) is 16.0 cm³/mol. The van der Waals surface area contributed by atoms with E-state index in [1.165, 1.54) is 0 Å². The van der Waals surface area contributed by atoms with Crippen molar-refractivity contribution < 1.29 is 69.2 Å². The molecule has 0 aliphatic rings. The molecule has 0 atom stereocenters. The summed E-state index contributed by atoms with van der Waals surface area (Å²) >= 11 is 0. The second-order valence-corrected chi connectivity index (χ2v) is 0.604. The van der Waals surface area contributed by atoms with Crippen molar-refractivity contribution in [1.29, 1.82) is 0 Å². The van der Waals surface area contributed by atoms with Gasteiger partial charge in [0.05, 0.1) is 0 Å². The molecule has 5 heteroatoms. The number of rotatable bonds is 1. The summed E-state index contributed by atoms with van der Waals surface area (Å²) in [5, 5.41) is 18.4. The van der Waals surface area contributed by atoms with Gasteiger partial charge in [0.2, 0.25) is 0 Å². The van der Waals surface area contributed by atoms with Crippen LogP contribution >= 0.6 is 0 Å². The third-order valence-corrected chi connectivity index (χ3v) is 0.192. The Morgan fingerprint density at radius 2 is 1.43 bits per heavy atom. The van der Waals surface area contributed by atoms with Crippen LogP contribution in [-0.4, -0.2) is 7.12 Å². The van der Waals surface area contributed by atoms with Crippen LogP contribution in [0.3, 0.4) is 0 Å². The van der Waals surface area contributed by atoms with Crippen LogP contribution in [0.2, 0.25) is 0 Å². The fourth-order valence-corrected chi connectivity index (χ4v) is 0. The average Bonchev–Trinajstić information content (AvgIpc) is 1.38. The Morgan fingerprint density at radius 3 is 1.43 bits per heavy atom. The van der Waals surface area contributed by atoms with Crippen molar-refractivity contribution >= 4 is 7.12 Å². The summed E-state index contributed by atoms with van der Waals surface area (Å²) in [7, 11) is -1.85. The smallest absolute Gasteiger partial charge is 0.890 e. The zero-order valence-corrected chi connectivity index (χ0v) is 8.68. The molecule has 0 radical (unpaired) electrons. The molecule has 0 aromatic carbocycles. The molecule has 0 aromatic rings. The van der Waals surface area contributed by atoms with Crippen LogP contribution in [0.1, 0.15) is 0 Å². The van der Waals surface area contributed by atoms with Crippen LogP contribution in [0.15, 0.2) is 12.6 Å². The monoisotopic (exact) mass is 116 g/mol. The maximum Gasteiger partial charge on any atom is 1.00 e. The first-order valence-corrected chi connectivity index (χ1v) is 1.21. The van der Waals surface area contributed by atoms with Gasteiger partial charge in [-0.25, -0.2) is 0 Å². The minimum Gasteiger partial charge on any atom is -0.890 e. The van der Waals surface area contributed by atoms with Gasteiger partial charge in [0, 0.05) is 0 Å². The van der Waals surface area contributed by atoms with E-state index in [0.717, 1.165) is 5.98 Å². The molecule has 0 heterocycles. The zero-order chi connectivity index (χ0) is 4.28. The van der Waals surface area contributed by atoms with E-state index < -0.39 is 7.12 Å². The standard InChI is InChI=1S/C2H3BO2.2Na/c1-2-3(4)5;;/h2H,1H2;;/q-2;2*+1.